The third kappa shape index (κ3) is 4.67. The minimum atomic E-state index is -0.227. The predicted octanol–water partition coefficient (Wildman–Crippen LogP) is 3.81. The molecule has 0 aliphatic rings. The zero-order valence-corrected chi connectivity index (χ0v) is 14.4. The van der Waals surface area contributed by atoms with Crippen LogP contribution in [0.1, 0.15) is 15.9 Å². The molecule has 5 nitrogen and oxygen atoms in total. The lowest BCUT2D eigenvalue weighted by Crippen LogP contribution is -2.12. The molecule has 2 rings (SSSR count). The number of nitrogens with one attached hydrogen (secondary N) is 1. The van der Waals surface area contributed by atoms with Gasteiger partial charge in [-0.05, 0) is 30.2 Å². The van der Waals surface area contributed by atoms with E-state index < -0.39 is 0 Å². The summed E-state index contributed by atoms with van der Waals surface area (Å²) in [6.45, 7) is 7.38. The van der Waals surface area contributed by atoms with Crippen molar-refractivity contribution in [3.8, 4) is 5.75 Å². The Kier molecular flexibility index (Phi) is 6.37. The molecule has 7 heteroatoms. The van der Waals surface area contributed by atoms with Gasteiger partial charge >= 0.3 is 0 Å². The number of hydrogen-bond acceptors (Lipinski definition) is 6. The Balaban J connectivity index is 2.10. The fourth-order valence-electron chi connectivity index (χ4n) is 1.85. The number of carbonyl (C=O) groups excluding carboxylic acids is 1. The van der Waals surface area contributed by atoms with Crippen molar-refractivity contribution in [2.75, 3.05) is 18.2 Å². The van der Waals surface area contributed by atoms with Gasteiger partial charge in [0.2, 0.25) is 5.13 Å². The number of rotatable bonds is 8. The molecule has 1 N–H and O–H groups in total. The lowest BCUT2D eigenvalue weighted by atomic mass is 10.1. The molecular formula is C16H17N3O2S2. The quantitative estimate of drug-likeness (QED) is 0.447. The molecule has 0 unspecified atom stereocenters. The number of thioether (sulfide) groups is 1. The van der Waals surface area contributed by atoms with Crippen molar-refractivity contribution in [1.29, 1.82) is 0 Å². The van der Waals surface area contributed by atoms with E-state index in [1.54, 1.807) is 37.5 Å². The molecule has 0 aliphatic carbocycles. The molecule has 0 aliphatic heterocycles. The molecular weight excluding hydrogens is 330 g/mol. The zero-order valence-electron chi connectivity index (χ0n) is 12.7. The Morgan fingerprint density at radius 2 is 2.22 bits per heavy atom. The van der Waals surface area contributed by atoms with Crippen LogP contribution in [0, 0.1) is 0 Å². The molecule has 2 aromatic rings. The number of ether oxygens (including phenoxy) is 1. The van der Waals surface area contributed by atoms with Crippen LogP contribution in [0.5, 0.6) is 5.75 Å². The Morgan fingerprint density at radius 1 is 1.39 bits per heavy atom. The highest BCUT2D eigenvalue weighted by atomic mass is 32.2. The van der Waals surface area contributed by atoms with Gasteiger partial charge in [0.05, 0.1) is 7.11 Å². The van der Waals surface area contributed by atoms with E-state index >= 15 is 0 Å². The maximum Gasteiger partial charge on any atom is 0.257 e. The molecule has 0 saturated carbocycles. The van der Waals surface area contributed by atoms with E-state index in [4.69, 9.17) is 4.74 Å². The first-order chi connectivity index (χ1) is 11.2. The first kappa shape index (κ1) is 17.2. The molecule has 0 fully saturated rings. The standard InChI is InChI=1S/C16H17N3O2S2/c1-4-6-11-10-12(7-8-13(11)21-3)14(20)17-15-18-19-16(23-15)22-9-5-2/h4-5,7-8,10H,1-2,6,9H2,3H3,(H,17,18,20). The van der Waals surface area contributed by atoms with Crippen molar-refractivity contribution < 1.29 is 9.53 Å². The Labute approximate surface area is 143 Å². The van der Waals surface area contributed by atoms with Gasteiger partial charge in [-0.25, -0.2) is 0 Å². The number of nitrogens with zero attached hydrogens (tertiary/aromatic N) is 2. The number of allylic oxidation sites excluding steroid dienone is 1. The molecule has 0 radical (unpaired) electrons. The van der Waals surface area contributed by atoms with E-state index in [0.717, 1.165) is 21.4 Å². The van der Waals surface area contributed by atoms with E-state index in [2.05, 4.69) is 28.7 Å². The van der Waals surface area contributed by atoms with Crippen LogP contribution >= 0.6 is 23.1 Å². The highest BCUT2D eigenvalue weighted by Gasteiger charge is 2.12. The van der Waals surface area contributed by atoms with Gasteiger partial charge in [0, 0.05) is 11.3 Å². The van der Waals surface area contributed by atoms with Crippen molar-refractivity contribution in [1.82, 2.24) is 10.2 Å². The smallest absolute Gasteiger partial charge is 0.257 e. The second kappa shape index (κ2) is 8.50. The van der Waals surface area contributed by atoms with Gasteiger partial charge in [-0.2, -0.15) is 0 Å². The van der Waals surface area contributed by atoms with Crippen LogP contribution in [0.2, 0.25) is 0 Å². The summed E-state index contributed by atoms with van der Waals surface area (Å²) in [5.41, 5.74) is 1.45. The fourth-order valence-corrected chi connectivity index (χ4v) is 3.36. The maximum absolute atomic E-state index is 12.3. The van der Waals surface area contributed by atoms with Crippen molar-refractivity contribution in [3.63, 3.8) is 0 Å². The molecule has 1 amide bonds. The number of benzene rings is 1. The van der Waals surface area contributed by atoms with Crippen molar-refractivity contribution in [3.05, 3.63) is 54.6 Å². The summed E-state index contributed by atoms with van der Waals surface area (Å²) in [6.07, 6.45) is 4.20. The summed E-state index contributed by atoms with van der Waals surface area (Å²) in [4.78, 5) is 12.3. The van der Waals surface area contributed by atoms with Crippen LogP contribution in [0.15, 0.2) is 47.8 Å². The normalized spacial score (nSPS) is 10.1. The highest BCUT2D eigenvalue weighted by molar-refractivity contribution is 8.01. The number of amides is 1. The molecule has 1 aromatic heterocycles. The monoisotopic (exact) mass is 347 g/mol. The lowest BCUT2D eigenvalue weighted by molar-refractivity contribution is 0.102. The summed E-state index contributed by atoms with van der Waals surface area (Å²) in [5, 5.41) is 11.2. The number of hydrogen-bond donors (Lipinski definition) is 1. The largest absolute Gasteiger partial charge is 0.496 e. The van der Waals surface area contributed by atoms with E-state index in [1.165, 1.54) is 23.1 Å². The summed E-state index contributed by atoms with van der Waals surface area (Å²) in [5.74, 6) is 1.27. The summed E-state index contributed by atoms with van der Waals surface area (Å²) in [6, 6.07) is 5.29. The molecule has 0 saturated heterocycles. The summed E-state index contributed by atoms with van der Waals surface area (Å²) >= 11 is 2.86. The zero-order chi connectivity index (χ0) is 16.7. The van der Waals surface area contributed by atoms with E-state index in [1.807, 2.05) is 0 Å². The van der Waals surface area contributed by atoms with Gasteiger partial charge in [0.1, 0.15) is 5.75 Å². The van der Waals surface area contributed by atoms with Crippen molar-refractivity contribution in [2.45, 2.75) is 10.8 Å². The Bertz CT molecular complexity index is 713. The molecule has 1 heterocycles. The van der Waals surface area contributed by atoms with Gasteiger partial charge in [-0.15, -0.1) is 23.4 Å². The number of aromatic nitrogens is 2. The first-order valence-corrected chi connectivity index (χ1v) is 8.64. The van der Waals surface area contributed by atoms with Crippen LogP contribution in [-0.4, -0.2) is 29.0 Å². The molecule has 1 aromatic carbocycles. The predicted molar refractivity (Wildman–Crippen MR) is 95.7 cm³/mol. The number of carbonyl (C=O) groups is 1. The third-order valence-corrected chi connectivity index (χ3v) is 4.83. The van der Waals surface area contributed by atoms with Crippen molar-refractivity contribution >= 4 is 34.1 Å². The second-order valence-corrected chi connectivity index (χ2v) is 6.69. The third-order valence-electron chi connectivity index (χ3n) is 2.86. The summed E-state index contributed by atoms with van der Waals surface area (Å²) in [7, 11) is 1.60. The Hall–Kier alpha value is -2.12. The molecule has 120 valence electrons. The number of anilines is 1. The van der Waals surface area contributed by atoms with E-state index in [0.29, 0.717) is 17.1 Å². The van der Waals surface area contributed by atoms with Crippen molar-refractivity contribution in [2.24, 2.45) is 0 Å². The van der Waals surface area contributed by atoms with Crippen LogP contribution < -0.4 is 10.1 Å². The first-order valence-electron chi connectivity index (χ1n) is 6.84. The molecule has 23 heavy (non-hydrogen) atoms. The minimum Gasteiger partial charge on any atom is -0.496 e. The molecule has 0 atom stereocenters. The second-order valence-electron chi connectivity index (χ2n) is 4.45. The number of methoxy groups -OCH3 is 1. The maximum atomic E-state index is 12.3. The van der Waals surface area contributed by atoms with Gasteiger partial charge in [0.25, 0.3) is 5.91 Å². The molecule has 0 bridgehead atoms. The van der Waals surface area contributed by atoms with Gasteiger partial charge in [0.15, 0.2) is 4.34 Å². The highest BCUT2D eigenvalue weighted by Crippen LogP contribution is 2.26. The van der Waals surface area contributed by atoms with E-state index in [-0.39, 0.29) is 5.91 Å². The van der Waals surface area contributed by atoms with Gasteiger partial charge in [-0.3, -0.25) is 10.1 Å². The van der Waals surface area contributed by atoms with E-state index in [9.17, 15) is 4.79 Å². The van der Waals surface area contributed by atoms with Crippen LogP contribution in [0.25, 0.3) is 0 Å². The average Bonchev–Trinajstić information content (AvgIpc) is 3.00. The molecule has 0 spiro atoms. The minimum absolute atomic E-state index is 0.227. The lowest BCUT2D eigenvalue weighted by Gasteiger charge is -2.09. The van der Waals surface area contributed by atoms with Crippen LogP contribution in [0.3, 0.4) is 0 Å². The Morgan fingerprint density at radius 3 is 2.91 bits per heavy atom. The SMILES string of the molecule is C=CCSc1nnc(NC(=O)c2ccc(OC)c(CC=C)c2)s1. The van der Waals surface area contributed by atoms with Crippen LogP contribution in [-0.2, 0) is 6.42 Å². The topological polar surface area (TPSA) is 64.1 Å². The average molecular weight is 347 g/mol. The van der Waals surface area contributed by atoms with Crippen LogP contribution in [0.4, 0.5) is 5.13 Å². The summed E-state index contributed by atoms with van der Waals surface area (Å²) < 4.78 is 6.07. The van der Waals surface area contributed by atoms with Gasteiger partial charge < -0.3 is 4.74 Å². The fraction of sp³-hybridized carbons (Fsp3) is 0.188. The van der Waals surface area contributed by atoms with Gasteiger partial charge in [-0.1, -0.05) is 35.3 Å².